The van der Waals surface area contributed by atoms with Crippen molar-refractivity contribution in [1.29, 1.82) is 0 Å². The molecule has 0 atom stereocenters. The van der Waals surface area contributed by atoms with Gasteiger partial charge in [-0.1, -0.05) is 30.1 Å². The summed E-state index contributed by atoms with van der Waals surface area (Å²) in [5.41, 5.74) is 0.350. The predicted octanol–water partition coefficient (Wildman–Crippen LogP) is 2.70. The molecule has 0 aromatic heterocycles. The molecule has 1 heterocycles. The quantitative estimate of drug-likeness (QED) is 0.846. The number of piperazine rings is 1. The Kier molecular flexibility index (Phi) is 5.53. The summed E-state index contributed by atoms with van der Waals surface area (Å²) < 4.78 is 5.07. The minimum atomic E-state index is -0.182. The molecule has 0 radical (unpaired) electrons. The SMILES string of the molecule is CCC(=O)N1CCN(C(=O)c2cc(Cl)c(OC)cc2Cl)CC1. The maximum atomic E-state index is 12.6. The van der Waals surface area contributed by atoms with E-state index >= 15 is 0 Å². The number of carbonyl (C=O) groups is 2. The first kappa shape index (κ1) is 16.9. The lowest BCUT2D eigenvalue weighted by Gasteiger charge is -2.34. The molecule has 2 rings (SSSR count). The largest absolute Gasteiger partial charge is 0.495 e. The molecule has 0 bridgehead atoms. The molecule has 1 saturated heterocycles. The Morgan fingerprint density at radius 1 is 1.09 bits per heavy atom. The predicted molar refractivity (Wildman–Crippen MR) is 85.8 cm³/mol. The van der Waals surface area contributed by atoms with Crippen LogP contribution in [0.25, 0.3) is 0 Å². The highest BCUT2D eigenvalue weighted by atomic mass is 35.5. The van der Waals surface area contributed by atoms with Crippen LogP contribution < -0.4 is 4.74 Å². The van der Waals surface area contributed by atoms with Gasteiger partial charge in [0.05, 0.1) is 22.7 Å². The van der Waals surface area contributed by atoms with E-state index in [-0.39, 0.29) is 11.8 Å². The van der Waals surface area contributed by atoms with E-state index < -0.39 is 0 Å². The molecular weight excluding hydrogens is 327 g/mol. The number of benzene rings is 1. The van der Waals surface area contributed by atoms with Gasteiger partial charge in [-0.15, -0.1) is 0 Å². The summed E-state index contributed by atoms with van der Waals surface area (Å²) in [5, 5.41) is 0.647. The number of halogens is 2. The van der Waals surface area contributed by atoms with Gasteiger partial charge in [-0.05, 0) is 6.07 Å². The molecule has 2 amide bonds. The maximum Gasteiger partial charge on any atom is 0.255 e. The van der Waals surface area contributed by atoms with Gasteiger partial charge in [0.25, 0.3) is 5.91 Å². The summed E-state index contributed by atoms with van der Waals surface area (Å²) in [5.74, 6) is 0.359. The van der Waals surface area contributed by atoms with Crippen molar-refractivity contribution in [1.82, 2.24) is 9.80 Å². The second kappa shape index (κ2) is 7.20. The van der Waals surface area contributed by atoms with Gasteiger partial charge in [-0.3, -0.25) is 9.59 Å². The van der Waals surface area contributed by atoms with Crippen LogP contribution in [0.5, 0.6) is 5.75 Å². The normalized spacial score (nSPS) is 14.9. The molecule has 0 saturated carbocycles. The lowest BCUT2D eigenvalue weighted by Crippen LogP contribution is -2.50. The van der Waals surface area contributed by atoms with Crippen molar-refractivity contribution in [2.75, 3.05) is 33.3 Å². The lowest BCUT2D eigenvalue weighted by atomic mass is 10.1. The summed E-state index contributed by atoms with van der Waals surface area (Å²) in [6.45, 7) is 3.90. The van der Waals surface area contributed by atoms with Crippen LogP contribution in [0.4, 0.5) is 0 Å². The second-order valence-corrected chi connectivity index (χ2v) is 5.81. The molecule has 0 unspecified atom stereocenters. The van der Waals surface area contributed by atoms with E-state index in [2.05, 4.69) is 0 Å². The van der Waals surface area contributed by atoms with E-state index in [0.717, 1.165) is 0 Å². The van der Waals surface area contributed by atoms with Gasteiger partial charge in [0, 0.05) is 38.7 Å². The van der Waals surface area contributed by atoms with Crippen LogP contribution in [0.2, 0.25) is 10.0 Å². The third kappa shape index (κ3) is 3.47. The van der Waals surface area contributed by atoms with Gasteiger partial charge in [0.2, 0.25) is 5.91 Å². The van der Waals surface area contributed by atoms with Crippen LogP contribution in [0.3, 0.4) is 0 Å². The third-order valence-corrected chi connectivity index (χ3v) is 4.30. The van der Waals surface area contributed by atoms with Crippen LogP contribution in [-0.2, 0) is 4.79 Å². The molecular formula is C15H18Cl2N2O3. The summed E-state index contributed by atoms with van der Waals surface area (Å²) in [4.78, 5) is 27.7. The molecule has 1 aliphatic rings. The Bertz CT molecular complexity index is 584. The number of nitrogens with zero attached hydrogens (tertiary/aromatic N) is 2. The molecule has 120 valence electrons. The van der Waals surface area contributed by atoms with Crippen LogP contribution in [0, 0.1) is 0 Å². The second-order valence-electron chi connectivity index (χ2n) is 4.99. The van der Waals surface area contributed by atoms with E-state index in [1.165, 1.54) is 19.2 Å². The van der Waals surface area contributed by atoms with E-state index in [1.807, 2.05) is 6.92 Å². The van der Waals surface area contributed by atoms with Crippen LogP contribution in [-0.4, -0.2) is 54.9 Å². The zero-order valence-electron chi connectivity index (χ0n) is 12.6. The van der Waals surface area contributed by atoms with Crippen molar-refractivity contribution in [3.05, 3.63) is 27.7 Å². The molecule has 5 nitrogen and oxygen atoms in total. The Balaban J connectivity index is 2.10. The molecule has 0 aliphatic carbocycles. The smallest absolute Gasteiger partial charge is 0.255 e. The van der Waals surface area contributed by atoms with Crippen molar-refractivity contribution < 1.29 is 14.3 Å². The molecule has 0 spiro atoms. The van der Waals surface area contributed by atoms with Gasteiger partial charge in [-0.2, -0.15) is 0 Å². The van der Waals surface area contributed by atoms with Gasteiger partial charge in [0.15, 0.2) is 0 Å². The number of methoxy groups -OCH3 is 1. The third-order valence-electron chi connectivity index (χ3n) is 3.69. The average Bonchev–Trinajstić information content (AvgIpc) is 2.55. The number of hydrogen-bond acceptors (Lipinski definition) is 3. The minimum Gasteiger partial charge on any atom is -0.495 e. The summed E-state index contributed by atoms with van der Waals surface area (Å²) in [7, 11) is 1.49. The van der Waals surface area contributed by atoms with Crippen molar-refractivity contribution in [3.8, 4) is 5.75 Å². The first-order chi connectivity index (χ1) is 10.5. The molecule has 1 fully saturated rings. The van der Waals surface area contributed by atoms with Crippen LogP contribution in [0.15, 0.2) is 12.1 Å². The number of rotatable bonds is 3. The fourth-order valence-corrected chi connectivity index (χ4v) is 2.88. The van der Waals surface area contributed by atoms with Gasteiger partial charge in [0.1, 0.15) is 5.75 Å². The highest BCUT2D eigenvalue weighted by molar-refractivity contribution is 6.36. The lowest BCUT2D eigenvalue weighted by molar-refractivity contribution is -0.132. The Morgan fingerprint density at radius 3 is 2.23 bits per heavy atom. The van der Waals surface area contributed by atoms with E-state index in [4.69, 9.17) is 27.9 Å². The summed E-state index contributed by atoms with van der Waals surface area (Å²) in [6.07, 6.45) is 0.480. The number of hydrogen-bond donors (Lipinski definition) is 0. The van der Waals surface area contributed by atoms with Crippen molar-refractivity contribution in [3.63, 3.8) is 0 Å². The van der Waals surface area contributed by atoms with Crippen molar-refractivity contribution in [2.24, 2.45) is 0 Å². The first-order valence-electron chi connectivity index (χ1n) is 7.08. The van der Waals surface area contributed by atoms with E-state index in [1.54, 1.807) is 9.80 Å². The van der Waals surface area contributed by atoms with Crippen molar-refractivity contribution in [2.45, 2.75) is 13.3 Å². The fraction of sp³-hybridized carbons (Fsp3) is 0.467. The number of amides is 2. The Hall–Kier alpha value is -1.46. The Morgan fingerprint density at radius 2 is 1.68 bits per heavy atom. The standard InChI is InChI=1S/C15H18Cl2N2O3/c1-3-14(20)18-4-6-19(7-5-18)15(21)10-8-12(17)13(22-2)9-11(10)16/h8-9H,3-7H2,1-2H3. The van der Waals surface area contributed by atoms with Crippen LogP contribution >= 0.6 is 23.2 Å². The van der Waals surface area contributed by atoms with Crippen LogP contribution in [0.1, 0.15) is 23.7 Å². The van der Waals surface area contributed by atoms with Gasteiger partial charge < -0.3 is 14.5 Å². The van der Waals surface area contributed by atoms with Crippen molar-refractivity contribution >= 4 is 35.0 Å². The van der Waals surface area contributed by atoms with E-state index in [9.17, 15) is 9.59 Å². The molecule has 1 aromatic rings. The molecule has 0 N–H and O–H groups in total. The summed E-state index contributed by atoms with van der Waals surface area (Å²) >= 11 is 12.2. The summed E-state index contributed by atoms with van der Waals surface area (Å²) in [6, 6.07) is 3.06. The van der Waals surface area contributed by atoms with Gasteiger partial charge >= 0.3 is 0 Å². The fourth-order valence-electron chi connectivity index (χ4n) is 2.40. The van der Waals surface area contributed by atoms with Gasteiger partial charge in [-0.25, -0.2) is 0 Å². The molecule has 1 aliphatic heterocycles. The zero-order valence-corrected chi connectivity index (χ0v) is 14.1. The first-order valence-corrected chi connectivity index (χ1v) is 7.83. The highest BCUT2D eigenvalue weighted by Crippen LogP contribution is 2.31. The maximum absolute atomic E-state index is 12.6. The minimum absolute atomic E-state index is 0.109. The highest BCUT2D eigenvalue weighted by Gasteiger charge is 2.26. The van der Waals surface area contributed by atoms with E-state index in [0.29, 0.717) is 54.0 Å². The zero-order chi connectivity index (χ0) is 16.3. The molecule has 7 heteroatoms. The topological polar surface area (TPSA) is 49.9 Å². The molecule has 22 heavy (non-hydrogen) atoms. The average molecular weight is 345 g/mol. The monoisotopic (exact) mass is 344 g/mol. The molecule has 1 aromatic carbocycles. The Labute approximate surface area is 139 Å². The number of carbonyl (C=O) groups excluding carboxylic acids is 2. The number of ether oxygens (including phenoxy) is 1.